The summed E-state index contributed by atoms with van der Waals surface area (Å²) in [5, 5.41) is 3.00. The topological polar surface area (TPSA) is 107 Å². The lowest BCUT2D eigenvalue weighted by molar-refractivity contribution is -0.130. The van der Waals surface area contributed by atoms with Crippen molar-refractivity contribution in [1.82, 2.24) is 29.8 Å². The van der Waals surface area contributed by atoms with E-state index in [0.29, 0.717) is 48.5 Å². The van der Waals surface area contributed by atoms with E-state index in [1.165, 1.54) is 0 Å². The maximum absolute atomic E-state index is 11.3. The first-order valence-electron chi connectivity index (χ1n) is 15.1. The van der Waals surface area contributed by atoms with Gasteiger partial charge in [-0.15, -0.1) is 0 Å². The van der Waals surface area contributed by atoms with Crippen molar-refractivity contribution in [2.24, 2.45) is 0 Å². The van der Waals surface area contributed by atoms with Crippen LogP contribution in [0.15, 0.2) is 0 Å². The molecule has 9 rings (SSSR count). The zero-order valence-electron chi connectivity index (χ0n) is 24.1. The lowest BCUT2D eigenvalue weighted by Crippen LogP contribution is -2.45. The molecule has 9 aliphatic rings. The molecule has 1 N–H and O–H groups in total. The number of rotatable bonds is 4. The predicted molar refractivity (Wildman–Crippen MR) is 143 cm³/mol. The molecule has 9 saturated heterocycles. The highest BCUT2D eigenvalue weighted by Gasteiger charge is 2.60. The molecule has 40 heavy (non-hydrogen) atoms. The molecule has 9 fully saturated rings. The summed E-state index contributed by atoms with van der Waals surface area (Å²) in [6.45, 7) is 9.69. The third kappa shape index (κ3) is 4.20. The molecule has 12 heteroatoms. The van der Waals surface area contributed by atoms with Gasteiger partial charge in [-0.3, -0.25) is 29.1 Å². The molecule has 0 unspecified atom stereocenters. The molecule has 0 aliphatic carbocycles. The van der Waals surface area contributed by atoms with Gasteiger partial charge in [0.25, 0.3) is 0 Å². The van der Waals surface area contributed by atoms with E-state index in [0.717, 1.165) is 64.9 Å². The average molecular weight is 561 g/mol. The van der Waals surface area contributed by atoms with Crippen molar-refractivity contribution >= 4 is 18.2 Å². The van der Waals surface area contributed by atoms with Gasteiger partial charge in [-0.2, -0.15) is 0 Å². The molecule has 0 aromatic rings. The Balaban J connectivity index is 0.0000000993. The molecule has 3 amide bonds. The molecule has 0 saturated carbocycles. The number of carbonyl (C=O) groups is 3. The van der Waals surface area contributed by atoms with Crippen molar-refractivity contribution in [3.05, 3.63) is 0 Å². The third-order valence-corrected chi connectivity index (χ3v) is 11.0. The molecule has 0 aromatic heterocycles. The molecule has 0 spiro atoms. The molecule has 222 valence electrons. The Morgan fingerprint density at radius 1 is 0.725 bits per heavy atom. The standard InChI is InChI=1S/C10H16N2O2.2C9H14N2O2/c1-6(13)11(2)9-8-5-12-4-3-7(14-8)10(9)12;1-10(5-12)8-7-4-11-3-2-6(13-7)9(8)11;1-5(12)10-8-7-4-11-3-2-6(13-7)9(8)11/h7-10H,3-5H2,1-2H3;5-9H,2-4H2,1H3;6-9H,2-4H2,1H3,(H,10,12)/t7-,8+,9-,10+;2*6-,7+,8-,9+/m000/s1. The van der Waals surface area contributed by atoms with E-state index in [1.54, 1.807) is 18.7 Å². The Morgan fingerprint density at radius 2 is 1.20 bits per heavy atom. The second-order valence-corrected chi connectivity index (χ2v) is 13.1. The number of likely N-dealkylation sites (N-methyl/N-ethyl adjacent to an activating group) is 2. The van der Waals surface area contributed by atoms with E-state index >= 15 is 0 Å². The predicted octanol–water partition coefficient (Wildman–Crippen LogP) is -1.67. The average Bonchev–Trinajstić information content (AvgIpc) is 3.78. The normalized spacial score (nSPS) is 46.3. The number of hydrogen-bond acceptors (Lipinski definition) is 9. The zero-order chi connectivity index (χ0) is 27.9. The van der Waals surface area contributed by atoms with E-state index in [1.807, 2.05) is 19.0 Å². The highest BCUT2D eigenvalue weighted by molar-refractivity contribution is 5.74. The quantitative estimate of drug-likeness (QED) is 0.404. The third-order valence-electron chi connectivity index (χ3n) is 11.0. The smallest absolute Gasteiger partial charge is 0.219 e. The number of ether oxygens (including phenoxy) is 3. The monoisotopic (exact) mass is 560 g/mol. The molecule has 6 bridgehead atoms. The number of fused-ring (bicyclic) bond motifs is 3. The summed E-state index contributed by atoms with van der Waals surface area (Å²) in [7, 11) is 3.76. The highest BCUT2D eigenvalue weighted by atomic mass is 16.5. The Morgan fingerprint density at radius 3 is 1.70 bits per heavy atom. The molecule has 12 nitrogen and oxygen atoms in total. The van der Waals surface area contributed by atoms with Crippen LogP contribution >= 0.6 is 0 Å². The van der Waals surface area contributed by atoms with Crippen LogP contribution in [0.5, 0.6) is 0 Å². The lowest BCUT2D eigenvalue weighted by atomic mass is 10.1. The van der Waals surface area contributed by atoms with E-state index < -0.39 is 0 Å². The lowest BCUT2D eigenvalue weighted by Gasteiger charge is -2.26. The summed E-state index contributed by atoms with van der Waals surface area (Å²) in [5.41, 5.74) is 0. The Hall–Kier alpha value is -1.83. The zero-order valence-corrected chi connectivity index (χ0v) is 24.1. The van der Waals surface area contributed by atoms with Crippen molar-refractivity contribution in [3.8, 4) is 0 Å². The Kier molecular flexibility index (Phi) is 6.87. The number of nitrogens with zero attached hydrogens (tertiary/aromatic N) is 5. The minimum Gasteiger partial charge on any atom is -0.370 e. The van der Waals surface area contributed by atoms with Crippen LogP contribution in [0.4, 0.5) is 0 Å². The van der Waals surface area contributed by atoms with Crippen LogP contribution in [0, 0.1) is 0 Å². The second kappa shape index (κ2) is 10.2. The Bertz CT molecular complexity index is 991. The van der Waals surface area contributed by atoms with Gasteiger partial charge < -0.3 is 29.3 Å². The summed E-state index contributed by atoms with van der Waals surface area (Å²) >= 11 is 0. The fourth-order valence-corrected chi connectivity index (χ4v) is 9.36. The number of nitrogens with one attached hydrogen (secondary N) is 1. The molecular formula is C28H44N6O6. The minimum absolute atomic E-state index is 0.0630. The van der Waals surface area contributed by atoms with Gasteiger partial charge in [0, 0.05) is 67.2 Å². The summed E-state index contributed by atoms with van der Waals surface area (Å²) in [4.78, 5) is 44.0. The second-order valence-electron chi connectivity index (χ2n) is 13.1. The van der Waals surface area contributed by atoms with Gasteiger partial charge in [0.1, 0.15) is 0 Å². The van der Waals surface area contributed by atoms with Gasteiger partial charge >= 0.3 is 0 Å². The van der Waals surface area contributed by atoms with Crippen molar-refractivity contribution in [2.75, 3.05) is 53.4 Å². The fourth-order valence-electron chi connectivity index (χ4n) is 9.36. The molecule has 9 heterocycles. The minimum atomic E-state index is 0.0630. The summed E-state index contributed by atoms with van der Waals surface area (Å²) in [6, 6.07) is 2.30. The number of amides is 3. The van der Waals surface area contributed by atoms with Crippen LogP contribution in [0.2, 0.25) is 0 Å². The highest BCUT2D eigenvalue weighted by Crippen LogP contribution is 2.43. The Labute approximate surface area is 236 Å². The number of hydrogen-bond donors (Lipinski definition) is 1. The summed E-state index contributed by atoms with van der Waals surface area (Å²) in [5.74, 6) is 0.214. The largest absolute Gasteiger partial charge is 0.370 e. The van der Waals surface area contributed by atoms with E-state index in [-0.39, 0.29) is 36.2 Å². The first kappa shape index (κ1) is 27.0. The molecule has 0 aromatic carbocycles. The van der Waals surface area contributed by atoms with E-state index in [2.05, 4.69) is 20.0 Å². The maximum Gasteiger partial charge on any atom is 0.219 e. The van der Waals surface area contributed by atoms with Crippen LogP contribution in [0.1, 0.15) is 33.1 Å². The first-order chi connectivity index (χ1) is 19.2. The van der Waals surface area contributed by atoms with Gasteiger partial charge in [0.05, 0.1) is 72.9 Å². The van der Waals surface area contributed by atoms with E-state index in [9.17, 15) is 14.4 Å². The fraction of sp³-hybridized carbons (Fsp3) is 0.893. The van der Waals surface area contributed by atoms with Crippen LogP contribution < -0.4 is 5.32 Å². The van der Waals surface area contributed by atoms with Gasteiger partial charge in [-0.05, 0) is 19.3 Å². The van der Waals surface area contributed by atoms with Crippen molar-refractivity contribution in [2.45, 2.75) is 106 Å². The van der Waals surface area contributed by atoms with E-state index in [4.69, 9.17) is 14.2 Å². The SMILES string of the molecule is CC(=O)N(C)[C@@H]1[C@H]2[C@@H]3CCN2C[C@H]1O3.CC(=O)N[C@@H]1[C@H]2[C@@H]3CCN2C[C@H]1O3.CN(C=O)[C@@H]1[C@H]2[C@@H]3CCN2C[C@H]1O3. The molecule has 0 radical (unpaired) electrons. The molecule has 12 atom stereocenters. The molecule has 9 aliphatic heterocycles. The van der Waals surface area contributed by atoms with Crippen molar-refractivity contribution in [1.29, 1.82) is 0 Å². The summed E-state index contributed by atoms with van der Waals surface area (Å²) < 4.78 is 17.6. The van der Waals surface area contributed by atoms with Crippen molar-refractivity contribution < 1.29 is 28.6 Å². The van der Waals surface area contributed by atoms with Crippen LogP contribution in [-0.4, -0.2) is 169 Å². The van der Waals surface area contributed by atoms with Crippen molar-refractivity contribution in [3.63, 3.8) is 0 Å². The maximum atomic E-state index is 11.3. The van der Waals surface area contributed by atoms with Gasteiger partial charge in [-0.1, -0.05) is 0 Å². The summed E-state index contributed by atoms with van der Waals surface area (Å²) in [6.07, 6.45) is 6.30. The molecular weight excluding hydrogens is 516 g/mol. The number of carbonyl (C=O) groups excluding carboxylic acids is 3. The van der Waals surface area contributed by atoms with Gasteiger partial charge in [0.2, 0.25) is 18.2 Å². The number of morpholine rings is 3. The van der Waals surface area contributed by atoms with Crippen LogP contribution in [0.25, 0.3) is 0 Å². The van der Waals surface area contributed by atoms with Gasteiger partial charge in [0.15, 0.2) is 0 Å². The van der Waals surface area contributed by atoms with Crippen LogP contribution in [0.3, 0.4) is 0 Å². The van der Waals surface area contributed by atoms with Crippen LogP contribution in [-0.2, 0) is 28.6 Å². The first-order valence-corrected chi connectivity index (χ1v) is 15.1. The van der Waals surface area contributed by atoms with Gasteiger partial charge in [-0.25, -0.2) is 0 Å².